The molecule has 0 bridgehead atoms. The summed E-state index contributed by atoms with van der Waals surface area (Å²) in [4.78, 5) is 26.5. The fourth-order valence-electron chi connectivity index (χ4n) is 4.51. The van der Waals surface area contributed by atoms with Crippen LogP contribution in [0, 0.1) is 0 Å². The highest BCUT2D eigenvalue weighted by Crippen LogP contribution is 2.27. The third-order valence-electron chi connectivity index (χ3n) is 6.97. The van der Waals surface area contributed by atoms with Gasteiger partial charge in [-0.25, -0.2) is 0 Å². The molecule has 0 fully saturated rings. The Labute approximate surface area is 241 Å². The predicted octanol–water partition coefficient (Wildman–Crippen LogP) is 6.77. The molecule has 1 atom stereocenters. The van der Waals surface area contributed by atoms with E-state index in [-0.39, 0.29) is 12.0 Å². The number of rotatable bonds is 19. The number of unbranched alkanes of at least 4 members (excludes halogenated alkanes) is 1. The second kappa shape index (κ2) is 17.3. The van der Waals surface area contributed by atoms with Gasteiger partial charge in [-0.1, -0.05) is 49.8 Å². The molecule has 40 heavy (non-hydrogen) atoms. The van der Waals surface area contributed by atoms with Crippen molar-refractivity contribution in [2.24, 2.45) is 0 Å². The lowest BCUT2D eigenvalue weighted by Crippen LogP contribution is -2.41. The molecule has 6 heteroatoms. The number of amides is 1. The lowest BCUT2D eigenvalue weighted by Gasteiger charge is -2.29. The van der Waals surface area contributed by atoms with E-state index in [2.05, 4.69) is 29.8 Å². The number of anilines is 1. The van der Waals surface area contributed by atoms with Crippen LogP contribution in [0.4, 0.5) is 5.69 Å². The normalized spacial score (nSPS) is 12.2. The van der Waals surface area contributed by atoms with Crippen molar-refractivity contribution in [1.29, 1.82) is 0 Å². The standard InChI is InChI=1S/C34H48N2O4/c1-7-9-13-29-16-17-30(26-32(29)36(21-10-8-2)22-25-40-27(3)20-24-39-6)33(38)35-34(4,5)31-18-14-28(15-19-31)12-11-23-37/h8,14-20,23-24,26-27H,2,7,9-13,21-22,25H2,1,3-6H3,(H,35,38)/b24-20+. The quantitative estimate of drug-likeness (QED) is 0.119. The first-order valence-corrected chi connectivity index (χ1v) is 14.4. The van der Waals surface area contributed by atoms with Gasteiger partial charge >= 0.3 is 0 Å². The maximum absolute atomic E-state index is 13.5. The lowest BCUT2D eigenvalue weighted by atomic mass is 9.92. The fraction of sp³-hybridized carbons (Fsp3) is 0.471. The molecule has 0 aliphatic carbocycles. The highest BCUT2D eigenvalue weighted by Gasteiger charge is 2.24. The van der Waals surface area contributed by atoms with Crippen molar-refractivity contribution in [2.45, 2.75) is 77.9 Å². The van der Waals surface area contributed by atoms with Gasteiger partial charge in [0.25, 0.3) is 5.91 Å². The predicted molar refractivity (Wildman–Crippen MR) is 165 cm³/mol. The van der Waals surface area contributed by atoms with Gasteiger partial charge in [-0.3, -0.25) is 4.79 Å². The van der Waals surface area contributed by atoms with Gasteiger partial charge < -0.3 is 24.5 Å². The van der Waals surface area contributed by atoms with Gasteiger partial charge in [0, 0.05) is 30.8 Å². The molecule has 0 aromatic heterocycles. The topological polar surface area (TPSA) is 67.9 Å². The number of nitrogens with zero attached hydrogens (tertiary/aromatic N) is 1. The van der Waals surface area contributed by atoms with Gasteiger partial charge in [0.2, 0.25) is 0 Å². The molecule has 0 spiro atoms. The molecule has 1 N–H and O–H groups in total. The van der Waals surface area contributed by atoms with E-state index in [1.54, 1.807) is 13.4 Å². The van der Waals surface area contributed by atoms with Gasteiger partial charge in [0.05, 0.1) is 31.6 Å². The summed E-state index contributed by atoms with van der Waals surface area (Å²) in [7, 11) is 1.62. The Morgan fingerprint density at radius 1 is 1.10 bits per heavy atom. The molecule has 1 unspecified atom stereocenters. The van der Waals surface area contributed by atoms with Crippen molar-refractivity contribution in [1.82, 2.24) is 5.32 Å². The molecule has 0 radical (unpaired) electrons. The number of carbonyl (C=O) groups excluding carboxylic acids is 2. The van der Waals surface area contributed by atoms with Crippen molar-refractivity contribution in [3.8, 4) is 0 Å². The molecule has 0 aliphatic heterocycles. The maximum atomic E-state index is 13.5. The molecular formula is C34H48N2O4. The Balaban J connectivity index is 2.27. The molecule has 2 rings (SSSR count). The van der Waals surface area contributed by atoms with E-state index >= 15 is 0 Å². The summed E-state index contributed by atoms with van der Waals surface area (Å²) in [5.74, 6) is -0.114. The largest absolute Gasteiger partial charge is 0.505 e. The van der Waals surface area contributed by atoms with Crippen LogP contribution in [0.15, 0.2) is 67.5 Å². The first-order chi connectivity index (χ1) is 19.2. The number of benzene rings is 2. The minimum atomic E-state index is -0.566. The Hall–Kier alpha value is -3.38. The summed E-state index contributed by atoms with van der Waals surface area (Å²) >= 11 is 0. The number of methoxy groups -OCH3 is 1. The number of hydrogen-bond acceptors (Lipinski definition) is 5. The Morgan fingerprint density at radius 2 is 1.85 bits per heavy atom. The Morgan fingerprint density at radius 3 is 2.50 bits per heavy atom. The first-order valence-electron chi connectivity index (χ1n) is 14.4. The smallest absolute Gasteiger partial charge is 0.252 e. The fourth-order valence-corrected chi connectivity index (χ4v) is 4.51. The van der Waals surface area contributed by atoms with E-state index in [0.29, 0.717) is 25.1 Å². The number of nitrogens with one attached hydrogen (secondary N) is 1. The van der Waals surface area contributed by atoms with Crippen LogP contribution in [0.5, 0.6) is 0 Å². The van der Waals surface area contributed by atoms with Gasteiger partial charge in [0.15, 0.2) is 0 Å². The van der Waals surface area contributed by atoms with Gasteiger partial charge in [-0.05, 0) is 81.4 Å². The third kappa shape index (κ3) is 10.6. The van der Waals surface area contributed by atoms with Gasteiger partial charge in [-0.2, -0.15) is 0 Å². The number of ether oxygens (including phenoxy) is 2. The zero-order valence-corrected chi connectivity index (χ0v) is 25.1. The second-order valence-corrected chi connectivity index (χ2v) is 10.6. The summed E-state index contributed by atoms with van der Waals surface area (Å²) in [5.41, 5.74) is 4.49. The molecule has 0 saturated heterocycles. The summed E-state index contributed by atoms with van der Waals surface area (Å²) in [6.07, 6.45) is 11.5. The van der Waals surface area contributed by atoms with Crippen LogP contribution < -0.4 is 10.2 Å². The minimum Gasteiger partial charge on any atom is -0.505 e. The molecule has 2 aromatic rings. The van der Waals surface area contributed by atoms with E-state index in [9.17, 15) is 9.59 Å². The van der Waals surface area contributed by atoms with Crippen LogP contribution >= 0.6 is 0 Å². The third-order valence-corrected chi connectivity index (χ3v) is 6.97. The van der Waals surface area contributed by atoms with E-state index in [1.807, 2.05) is 69.3 Å². The minimum absolute atomic E-state index is 0.0563. The van der Waals surface area contributed by atoms with Crippen molar-refractivity contribution >= 4 is 17.9 Å². The molecule has 1 amide bonds. The van der Waals surface area contributed by atoms with E-state index in [4.69, 9.17) is 9.47 Å². The van der Waals surface area contributed by atoms with Crippen molar-refractivity contribution in [3.05, 3.63) is 89.7 Å². The number of hydrogen-bond donors (Lipinski definition) is 1. The van der Waals surface area contributed by atoms with E-state index < -0.39 is 5.54 Å². The Bertz CT molecular complexity index is 1090. The zero-order chi connectivity index (χ0) is 29.4. The SMILES string of the molecule is C=CCCN(CCOC(C)/C=C/OC)c1cc(C(=O)NC(C)(C)c2ccc(CCC=O)cc2)ccc1CCCC. The molecule has 0 heterocycles. The van der Waals surface area contributed by atoms with Crippen LogP contribution in [-0.2, 0) is 32.6 Å². The number of carbonyl (C=O) groups is 2. The highest BCUT2D eigenvalue weighted by molar-refractivity contribution is 5.96. The van der Waals surface area contributed by atoms with Gasteiger partial charge in [-0.15, -0.1) is 6.58 Å². The number of aryl methyl sites for hydroxylation is 2. The molecule has 218 valence electrons. The highest BCUT2D eigenvalue weighted by atomic mass is 16.5. The van der Waals surface area contributed by atoms with Crippen LogP contribution in [0.1, 0.15) is 80.4 Å². The van der Waals surface area contributed by atoms with Crippen molar-refractivity contribution in [3.63, 3.8) is 0 Å². The first kappa shape index (κ1) is 32.8. The Kier molecular flexibility index (Phi) is 14.2. The monoisotopic (exact) mass is 548 g/mol. The van der Waals surface area contributed by atoms with Crippen molar-refractivity contribution < 1.29 is 19.1 Å². The molecule has 0 aliphatic rings. The second-order valence-electron chi connectivity index (χ2n) is 10.6. The van der Waals surface area contributed by atoms with Gasteiger partial charge in [0.1, 0.15) is 6.29 Å². The van der Waals surface area contributed by atoms with Crippen LogP contribution in [0.25, 0.3) is 0 Å². The summed E-state index contributed by atoms with van der Waals surface area (Å²) in [5, 5.41) is 3.23. The molecule has 6 nitrogen and oxygen atoms in total. The van der Waals surface area contributed by atoms with Crippen LogP contribution in [0.2, 0.25) is 0 Å². The maximum Gasteiger partial charge on any atom is 0.252 e. The summed E-state index contributed by atoms with van der Waals surface area (Å²) in [6.45, 7) is 14.2. The molecule has 2 aromatic carbocycles. The van der Waals surface area contributed by atoms with Crippen molar-refractivity contribution in [2.75, 3.05) is 31.7 Å². The lowest BCUT2D eigenvalue weighted by molar-refractivity contribution is -0.107. The average Bonchev–Trinajstić information content (AvgIpc) is 2.95. The van der Waals surface area contributed by atoms with E-state index in [1.165, 1.54) is 5.56 Å². The number of aldehydes is 1. The summed E-state index contributed by atoms with van der Waals surface area (Å²) in [6, 6.07) is 14.2. The molecular weight excluding hydrogens is 500 g/mol. The van der Waals surface area contributed by atoms with Crippen LogP contribution in [0.3, 0.4) is 0 Å². The zero-order valence-electron chi connectivity index (χ0n) is 25.1. The molecule has 0 saturated carbocycles. The van der Waals surface area contributed by atoms with E-state index in [0.717, 1.165) is 61.7 Å². The summed E-state index contributed by atoms with van der Waals surface area (Å²) < 4.78 is 11.0. The average molecular weight is 549 g/mol. The van der Waals surface area contributed by atoms with Crippen LogP contribution in [-0.4, -0.2) is 45.1 Å².